The van der Waals surface area contributed by atoms with Gasteiger partial charge in [-0.1, -0.05) is 22.0 Å². The Morgan fingerprint density at radius 1 is 1.25 bits per heavy atom. The summed E-state index contributed by atoms with van der Waals surface area (Å²) in [5.41, 5.74) is 2.75. The van der Waals surface area contributed by atoms with E-state index in [0.29, 0.717) is 0 Å². The van der Waals surface area contributed by atoms with E-state index in [1.165, 1.54) is 0 Å². The van der Waals surface area contributed by atoms with Crippen molar-refractivity contribution in [3.05, 3.63) is 57.8 Å². The Morgan fingerprint density at radius 2 is 2.12 bits per heavy atom. The van der Waals surface area contributed by atoms with Gasteiger partial charge in [-0.3, -0.25) is 4.79 Å². The predicted octanol–water partition coefficient (Wildman–Crippen LogP) is 3.04. The van der Waals surface area contributed by atoms with Crippen LogP contribution in [0.25, 0.3) is 0 Å². The number of rotatable bonds is 0. The third kappa shape index (κ3) is 1.43. The number of carbonyl (C=O) groups is 1. The Balaban J connectivity index is 2.22. The van der Waals surface area contributed by atoms with Crippen LogP contribution in [0.3, 0.4) is 0 Å². The Bertz CT molecular complexity index is 571. The molecule has 0 aliphatic carbocycles. The molecule has 2 nitrogen and oxygen atoms in total. The molecule has 0 atom stereocenters. The minimum absolute atomic E-state index is 0.124. The number of hydrogen-bond acceptors (Lipinski definition) is 1. The molecule has 1 aromatic carbocycles. The van der Waals surface area contributed by atoms with Crippen molar-refractivity contribution < 1.29 is 4.79 Å². The van der Waals surface area contributed by atoms with Crippen molar-refractivity contribution in [2.75, 3.05) is 0 Å². The van der Waals surface area contributed by atoms with Gasteiger partial charge in [0.25, 0.3) is 0 Å². The highest BCUT2D eigenvalue weighted by Gasteiger charge is 2.20. The second kappa shape index (κ2) is 3.59. The highest BCUT2D eigenvalue weighted by Crippen LogP contribution is 2.24. The normalized spacial score (nSPS) is 14.2. The van der Waals surface area contributed by atoms with E-state index in [1.807, 2.05) is 41.1 Å². The van der Waals surface area contributed by atoms with Crippen LogP contribution < -0.4 is 0 Å². The fraction of sp³-hybridized carbons (Fsp3) is 0.154. The topological polar surface area (TPSA) is 22.0 Å². The number of aryl methyl sites for hydroxylation is 2. The average molecular weight is 276 g/mol. The second-order valence-electron chi connectivity index (χ2n) is 3.97. The number of benzene rings is 1. The zero-order valence-electron chi connectivity index (χ0n) is 8.61. The van der Waals surface area contributed by atoms with Crippen LogP contribution in [0.4, 0.5) is 0 Å². The molecule has 0 unspecified atom stereocenters. The Kier molecular flexibility index (Phi) is 2.21. The van der Waals surface area contributed by atoms with Crippen LogP contribution in [0.5, 0.6) is 0 Å². The third-order valence-corrected chi connectivity index (χ3v) is 3.49. The predicted molar refractivity (Wildman–Crippen MR) is 65.7 cm³/mol. The molecule has 2 aromatic rings. The molecule has 0 saturated carbocycles. The molecule has 1 aliphatic heterocycles. The fourth-order valence-electron chi connectivity index (χ4n) is 2.17. The zero-order valence-corrected chi connectivity index (χ0v) is 10.2. The first-order valence-corrected chi connectivity index (χ1v) is 6.03. The maximum atomic E-state index is 12.3. The minimum atomic E-state index is 0.124. The van der Waals surface area contributed by atoms with Crippen molar-refractivity contribution in [1.82, 2.24) is 4.57 Å². The third-order valence-electron chi connectivity index (χ3n) is 3.00. The second-order valence-corrected chi connectivity index (χ2v) is 4.88. The number of ketones is 1. The van der Waals surface area contributed by atoms with E-state index in [4.69, 9.17) is 0 Å². The molecule has 0 fully saturated rings. The van der Waals surface area contributed by atoms with Crippen molar-refractivity contribution in [2.45, 2.75) is 13.0 Å². The summed E-state index contributed by atoms with van der Waals surface area (Å²) in [6.07, 6.45) is 2.88. The van der Waals surface area contributed by atoms with Crippen LogP contribution in [-0.4, -0.2) is 10.4 Å². The van der Waals surface area contributed by atoms with Crippen LogP contribution >= 0.6 is 15.9 Å². The van der Waals surface area contributed by atoms with Crippen LogP contribution in [-0.2, 0) is 13.0 Å². The van der Waals surface area contributed by atoms with E-state index in [0.717, 1.165) is 34.3 Å². The smallest absolute Gasteiger partial charge is 0.209 e. The molecule has 80 valence electrons. The number of nitrogens with zero attached hydrogens (tertiary/aromatic N) is 1. The lowest BCUT2D eigenvalue weighted by Crippen LogP contribution is -2.06. The average Bonchev–Trinajstić information content (AvgIpc) is 2.70. The Hall–Kier alpha value is -1.35. The van der Waals surface area contributed by atoms with Gasteiger partial charge >= 0.3 is 0 Å². The summed E-state index contributed by atoms with van der Waals surface area (Å²) in [6.45, 7) is 0.878. The van der Waals surface area contributed by atoms with E-state index < -0.39 is 0 Å². The van der Waals surface area contributed by atoms with Crippen molar-refractivity contribution >= 4 is 21.7 Å². The lowest BCUT2D eigenvalue weighted by molar-refractivity contribution is 0.103. The molecule has 16 heavy (non-hydrogen) atoms. The molecule has 0 saturated heterocycles. The van der Waals surface area contributed by atoms with Gasteiger partial charge in [0.2, 0.25) is 5.78 Å². The van der Waals surface area contributed by atoms with Crippen molar-refractivity contribution in [2.24, 2.45) is 0 Å². The number of carbonyl (C=O) groups excluding carboxylic acids is 1. The lowest BCUT2D eigenvalue weighted by Gasteiger charge is -2.03. The highest BCUT2D eigenvalue weighted by molar-refractivity contribution is 9.10. The molecule has 0 spiro atoms. The van der Waals surface area contributed by atoms with E-state index in [-0.39, 0.29) is 5.78 Å². The Morgan fingerprint density at radius 3 is 3.00 bits per heavy atom. The first-order valence-electron chi connectivity index (χ1n) is 5.24. The van der Waals surface area contributed by atoms with Gasteiger partial charge in [-0.25, -0.2) is 0 Å². The van der Waals surface area contributed by atoms with Gasteiger partial charge in [0.1, 0.15) is 0 Å². The van der Waals surface area contributed by atoms with Crippen LogP contribution in [0.2, 0.25) is 0 Å². The molecule has 0 N–H and O–H groups in total. The van der Waals surface area contributed by atoms with Gasteiger partial charge in [0.05, 0.1) is 5.69 Å². The maximum absolute atomic E-state index is 12.3. The number of fused-ring (bicyclic) bond motifs is 2. The summed E-state index contributed by atoms with van der Waals surface area (Å²) in [5.74, 6) is 0.124. The molecule has 0 radical (unpaired) electrons. The number of aromatic nitrogens is 1. The summed E-state index contributed by atoms with van der Waals surface area (Å²) in [7, 11) is 0. The first-order chi connectivity index (χ1) is 7.75. The Labute approximate surface area is 102 Å². The molecule has 3 heteroatoms. The highest BCUT2D eigenvalue weighted by atomic mass is 79.9. The van der Waals surface area contributed by atoms with Gasteiger partial charge < -0.3 is 4.57 Å². The molecule has 0 amide bonds. The van der Waals surface area contributed by atoms with Crippen molar-refractivity contribution in [1.29, 1.82) is 0 Å². The molecular formula is C13H10BrNO. The van der Waals surface area contributed by atoms with Crippen LogP contribution in [0.1, 0.15) is 21.6 Å². The van der Waals surface area contributed by atoms with Crippen LogP contribution in [0, 0.1) is 0 Å². The lowest BCUT2D eigenvalue weighted by atomic mass is 10.0. The summed E-state index contributed by atoms with van der Waals surface area (Å²) >= 11 is 3.42. The maximum Gasteiger partial charge on any atom is 0.209 e. The quantitative estimate of drug-likeness (QED) is 0.725. The number of hydrogen-bond donors (Lipinski definition) is 0. The van der Waals surface area contributed by atoms with Crippen LogP contribution in [0.15, 0.2) is 41.0 Å². The zero-order chi connectivity index (χ0) is 11.1. The standard InChI is InChI=1S/C13H10BrNO/c14-10-4-3-9-5-7-15-6-1-2-12(15)13(16)11(9)8-10/h1-4,6,8H,5,7H2. The molecular weight excluding hydrogens is 266 g/mol. The molecule has 0 bridgehead atoms. The fourth-order valence-corrected chi connectivity index (χ4v) is 2.53. The first kappa shape index (κ1) is 9.85. The van der Waals surface area contributed by atoms with Gasteiger partial charge in [0, 0.05) is 22.8 Å². The number of halogens is 1. The molecule has 3 rings (SSSR count). The molecule has 1 aromatic heterocycles. The van der Waals surface area contributed by atoms with Crippen molar-refractivity contribution in [3.8, 4) is 0 Å². The minimum Gasteiger partial charge on any atom is -0.344 e. The monoisotopic (exact) mass is 275 g/mol. The van der Waals surface area contributed by atoms with Gasteiger partial charge in [-0.2, -0.15) is 0 Å². The van der Waals surface area contributed by atoms with E-state index in [9.17, 15) is 4.79 Å². The molecule has 1 aliphatic rings. The van der Waals surface area contributed by atoms with Gasteiger partial charge in [0.15, 0.2) is 0 Å². The molecule has 2 heterocycles. The summed E-state index contributed by atoms with van der Waals surface area (Å²) < 4.78 is 2.98. The summed E-state index contributed by atoms with van der Waals surface area (Å²) in [5, 5.41) is 0. The summed E-state index contributed by atoms with van der Waals surface area (Å²) in [6, 6.07) is 9.76. The van der Waals surface area contributed by atoms with Gasteiger partial charge in [-0.05, 0) is 36.2 Å². The van der Waals surface area contributed by atoms with Crippen molar-refractivity contribution in [3.63, 3.8) is 0 Å². The largest absolute Gasteiger partial charge is 0.344 e. The van der Waals surface area contributed by atoms with E-state index >= 15 is 0 Å². The van der Waals surface area contributed by atoms with Gasteiger partial charge in [-0.15, -0.1) is 0 Å². The summed E-state index contributed by atoms with van der Waals surface area (Å²) in [4.78, 5) is 12.3. The van der Waals surface area contributed by atoms with E-state index in [1.54, 1.807) is 0 Å². The SMILES string of the molecule is O=C1c2cc(Br)ccc2CCn2cccc21. The van der Waals surface area contributed by atoms with E-state index in [2.05, 4.69) is 15.9 Å².